The van der Waals surface area contributed by atoms with Crippen LogP contribution in [0.25, 0.3) is 16.8 Å². The predicted octanol–water partition coefficient (Wildman–Crippen LogP) is 4.59. The average molecular weight is 393 g/mol. The Hall–Kier alpha value is -2.89. The van der Waals surface area contributed by atoms with Crippen molar-refractivity contribution in [2.45, 2.75) is 45.6 Å². The fraction of sp³-hybridized carbons (Fsp3) is 0.435. The largest absolute Gasteiger partial charge is 0.444 e. The van der Waals surface area contributed by atoms with Gasteiger partial charge in [-0.3, -0.25) is 0 Å². The molecule has 0 atom stereocenters. The molecule has 1 aliphatic heterocycles. The standard InChI is InChI=1S/C23H28N4O2/c1-23(2,3)29-22(28)26-12-9-18(10-13-26)14-17-4-6-19(7-5-17)20-15-24-21-8-11-25-27(21)16-20/h4-8,11,15-16,18H,9-10,12-14H2,1-3H3. The molecular formula is C23H28N4O2. The molecule has 0 aliphatic carbocycles. The van der Waals surface area contributed by atoms with Crippen LogP contribution in [-0.2, 0) is 11.2 Å². The Morgan fingerprint density at radius 3 is 2.52 bits per heavy atom. The van der Waals surface area contributed by atoms with Gasteiger partial charge >= 0.3 is 6.09 Å². The SMILES string of the molecule is CC(C)(C)OC(=O)N1CCC(Cc2ccc(-c3cnc4ccnn4c3)cc2)CC1. The summed E-state index contributed by atoms with van der Waals surface area (Å²) in [5.41, 5.74) is 3.94. The van der Waals surface area contributed by atoms with Crippen molar-refractivity contribution in [1.29, 1.82) is 0 Å². The molecule has 3 heterocycles. The van der Waals surface area contributed by atoms with Crippen LogP contribution in [0.15, 0.2) is 48.9 Å². The molecule has 6 nitrogen and oxygen atoms in total. The van der Waals surface area contributed by atoms with Gasteiger partial charge in [-0.1, -0.05) is 24.3 Å². The van der Waals surface area contributed by atoms with Crippen LogP contribution in [-0.4, -0.2) is 44.3 Å². The molecule has 1 saturated heterocycles. The second-order valence-corrected chi connectivity index (χ2v) is 8.79. The number of aromatic nitrogens is 3. The summed E-state index contributed by atoms with van der Waals surface area (Å²) in [4.78, 5) is 18.5. The molecule has 0 spiro atoms. The van der Waals surface area contributed by atoms with Gasteiger partial charge in [-0.2, -0.15) is 5.10 Å². The van der Waals surface area contributed by atoms with Crippen LogP contribution in [0.2, 0.25) is 0 Å². The first-order chi connectivity index (χ1) is 13.9. The van der Waals surface area contributed by atoms with Gasteiger partial charge in [0, 0.05) is 37.1 Å². The van der Waals surface area contributed by atoms with E-state index in [9.17, 15) is 4.79 Å². The van der Waals surface area contributed by atoms with Crippen LogP contribution < -0.4 is 0 Å². The van der Waals surface area contributed by atoms with E-state index >= 15 is 0 Å². The Morgan fingerprint density at radius 2 is 1.83 bits per heavy atom. The molecule has 4 rings (SSSR count). The molecule has 3 aromatic rings. The van der Waals surface area contributed by atoms with Crippen molar-refractivity contribution in [3.8, 4) is 11.1 Å². The van der Waals surface area contributed by atoms with Gasteiger partial charge in [-0.15, -0.1) is 0 Å². The van der Waals surface area contributed by atoms with Crippen LogP contribution >= 0.6 is 0 Å². The van der Waals surface area contributed by atoms with Gasteiger partial charge in [0.2, 0.25) is 0 Å². The number of nitrogens with zero attached hydrogens (tertiary/aromatic N) is 4. The summed E-state index contributed by atoms with van der Waals surface area (Å²) in [5.74, 6) is 0.599. The van der Waals surface area contributed by atoms with Crippen molar-refractivity contribution in [2.75, 3.05) is 13.1 Å². The van der Waals surface area contributed by atoms with Gasteiger partial charge < -0.3 is 9.64 Å². The number of carbonyl (C=O) groups is 1. The molecule has 1 fully saturated rings. The highest BCUT2D eigenvalue weighted by atomic mass is 16.6. The number of likely N-dealkylation sites (tertiary alicyclic amines) is 1. The third-order valence-corrected chi connectivity index (χ3v) is 5.32. The predicted molar refractivity (Wildman–Crippen MR) is 113 cm³/mol. The molecule has 2 aromatic heterocycles. The Balaban J connectivity index is 1.33. The van der Waals surface area contributed by atoms with E-state index in [1.54, 1.807) is 10.7 Å². The van der Waals surface area contributed by atoms with Crippen LogP contribution in [0, 0.1) is 5.92 Å². The van der Waals surface area contributed by atoms with Crippen molar-refractivity contribution in [3.63, 3.8) is 0 Å². The fourth-order valence-electron chi connectivity index (χ4n) is 3.77. The highest BCUT2D eigenvalue weighted by Crippen LogP contribution is 2.25. The highest BCUT2D eigenvalue weighted by molar-refractivity contribution is 5.68. The number of hydrogen-bond acceptors (Lipinski definition) is 4. The first-order valence-corrected chi connectivity index (χ1v) is 10.2. The average Bonchev–Trinajstić information content (AvgIpc) is 3.15. The van der Waals surface area contributed by atoms with Gasteiger partial charge in [-0.05, 0) is 57.1 Å². The summed E-state index contributed by atoms with van der Waals surface area (Å²) >= 11 is 0. The Kier molecular flexibility index (Phi) is 5.26. The van der Waals surface area contributed by atoms with Crippen LogP contribution in [0.1, 0.15) is 39.2 Å². The van der Waals surface area contributed by atoms with Crippen LogP contribution in [0.5, 0.6) is 0 Å². The quantitative estimate of drug-likeness (QED) is 0.654. The molecule has 1 aliphatic rings. The molecule has 0 bridgehead atoms. The number of piperidine rings is 1. The van der Waals surface area contributed by atoms with Gasteiger partial charge in [0.1, 0.15) is 5.60 Å². The van der Waals surface area contributed by atoms with E-state index in [1.807, 2.05) is 44.1 Å². The molecular weight excluding hydrogens is 364 g/mol. The summed E-state index contributed by atoms with van der Waals surface area (Å²) in [5, 5.41) is 4.25. The summed E-state index contributed by atoms with van der Waals surface area (Å²) in [6, 6.07) is 10.6. The maximum absolute atomic E-state index is 12.2. The Bertz CT molecular complexity index is 980. The van der Waals surface area contributed by atoms with Crippen molar-refractivity contribution >= 4 is 11.7 Å². The van der Waals surface area contributed by atoms with Crippen molar-refractivity contribution in [1.82, 2.24) is 19.5 Å². The minimum atomic E-state index is -0.437. The van der Waals surface area contributed by atoms with Crippen LogP contribution in [0.3, 0.4) is 0 Å². The summed E-state index contributed by atoms with van der Waals surface area (Å²) in [6.45, 7) is 7.26. The molecule has 1 aromatic carbocycles. The molecule has 29 heavy (non-hydrogen) atoms. The lowest BCUT2D eigenvalue weighted by Gasteiger charge is -2.33. The van der Waals surface area contributed by atoms with E-state index in [0.29, 0.717) is 5.92 Å². The zero-order valence-corrected chi connectivity index (χ0v) is 17.3. The molecule has 0 radical (unpaired) electrons. The minimum absolute atomic E-state index is 0.192. The number of rotatable bonds is 3. The third kappa shape index (κ3) is 4.75. The molecule has 1 amide bonds. The Morgan fingerprint density at radius 1 is 1.10 bits per heavy atom. The zero-order valence-electron chi connectivity index (χ0n) is 17.3. The molecule has 0 saturated carbocycles. The third-order valence-electron chi connectivity index (χ3n) is 5.32. The minimum Gasteiger partial charge on any atom is -0.444 e. The lowest BCUT2D eigenvalue weighted by Crippen LogP contribution is -2.42. The molecule has 6 heteroatoms. The fourth-order valence-corrected chi connectivity index (χ4v) is 3.77. The van der Waals surface area contributed by atoms with Gasteiger partial charge in [0.05, 0.1) is 6.20 Å². The second kappa shape index (κ2) is 7.85. The highest BCUT2D eigenvalue weighted by Gasteiger charge is 2.26. The van der Waals surface area contributed by atoms with E-state index in [0.717, 1.165) is 49.1 Å². The lowest BCUT2D eigenvalue weighted by atomic mass is 9.90. The summed E-state index contributed by atoms with van der Waals surface area (Å²) < 4.78 is 7.28. The maximum atomic E-state index is 12.2. The van der Waals surface area contributed by atoms with Crippen molar-refractivity contribution in [2.24, 2.45) is 5.92 Å². The summed E-state index contributed by atoms with van der Waals surface area (Å²) in [6.07, 6.45) is 8.52. The number of ether oxygens (including phenoxy) is 1. The lowest BCUT2D eigenvalue weighted by molar-refractivity contribution is 0.0184. The van der Waals surface area contributed by atoms with E-state index in [1.165, 1.54) is 5.56 Å². The van der Waals surface area contributed by atoms with Crippen molar-refractivity contribution in [3.05, 3.63) is 54.5 Å². The number of carbonyl (C=O) groups excluding carboxylic acids is 1. The zero-order chi connectivity index (χ0) is 20.4. The second-order valence-electron chi connectivity index (χ2n) is 8.79. The van der Waals surface area contributed by atoms with E-state index in [4.69, 9.17) is 4.74 Å². The van der Waals surface area contributed by atoms with Gasteiger partial charge in [0.25, 0.3) is 0 Å². The van der Waals surface area contributed by atoms with E-state index < -0.39 is 5.60 Å². The van der Waals surface area contributed by atoms with Crippen LogP contribution in [0.4, 0.5) is 4.79 Å². The molecule has 0 unspecified atom stereocenters. The monoisotopic (exact) mass is 392 g/mol. The normalized spacial score (nSPS) is 15.6. The number of benzene rings is 1. The smallest absolute Gasteiger partial charge is 0.410 e. The molecule has 0 N–H and O–H groups in total. The summed E-state index contributed by atoms with van der Waals surface area (Å²) in [7, 11) is 0. The van der Waals surface area contributed by atoms with E-state index in [2.05, 4.69) is 34.3 Å². The Labute approximate surface area is 171 Å². The number of fused-ring (bicyclic) bond motifs is 1. The first-order valence-electron chi connectivity index (χ1n) is 10.2. The number of amides is 1. The first kappa shape index (κ1) is 19.4. The maximum Gasteiger partial charge on any atom is 0.410 e. The van der Waals surface area contributed by atoms with E-state index in [-0.39, 0.29) is 6.09 Å². The molecule has 152 valence electrons. The van der Waals surface area contributed by atoms with Gasteiger partial charge in [0.15, 0.2) is 5.65 Å². The topological polar surface area (TPSA) is 59.7 Å². The van der Waals surface area contributed by atoms with Crippen molar-refractivity contribution < 1.29 is 9.53 Å². The number of hydrogen-bond donors (Lipinski definition) is 0. The van der Waals surface area contributed by atoms with Gasteiger partial charge in [-0.25, -0.2) is 14.3 Å².